The molecule has 0 saturated heterocycles. The number of fused-ring (bicyclic) bond motifs is 1. The van der Waals surface area contributed by atoms with Gasteiger partial charge < -0.3 is 14.2 Å². The van der Waals surface area contributed by atoms with Gasteiger partial charge in [0, 0.05) is 16.8 Å². The predicted octanol–water partition coefficient (Wildman–Crippen LogP) is 2.42. The Hall–Kier alpha value is -3.43. The third-order valence-electron chi connectivity index (χ3n) is 2.38. The van der Waals surface area contributed by atoms with Gasteiger partial charge in [-0.05, 0) is 0 Å². The summed E-state index contributed by atoms with van der Waals surface area (Å²) in [6.07, 6.45) is 4.57. The third-order valence-corrected chi connectivity index (χ3v) is 2.38. The molecule has 0 aliphatic carbocycles. The normalized spacial score (nSPS) is 8.89. The van der Waals surface area contributed by atoms with Crippen LogP contribution >= 0.6 is 0 Å². The molecule has 0 spiro atoms. The zero-order valence-corrected chi connectivity index (χ0v) is 9.45. The molecule has 2 aromatic rings. The number of ether oxygens (including phenoxy) is 3. The average Bonchev–Trinajstić information content (AvgIpc) is 2.43. The lowest BCUT2D eigenvalue weighted by atomic mass is 10.1. The van der Waals surface area contributed by atoms with Crippen molar-refractivity contribution in [2.75, 3.05) is 0 Å². The zero-order chi connectivity index (χ0) is 13.7. The molecule has 0 aliphatic rings. The van der Waals surface area contributed by atoms with Crippen LogP contribution < -0.4 is 14.2 Å². The maximum atomic E-state index is 8.65. The predicted molar refractivity (Wildman–Crippen MR) is 62.7 cm³/mol. The van der Waals surface area contributed by atoms with E-state index in [1.54, 1.807) is 30.5 Å². The van der Waals surface area contributed by atoms with Gasteiger partial charge in [0.15, 0.2) is 17.2 Å². The molecule has 6 nitrogen and oxygen atoms in total. The highest BCUT2D eigenvalue weighted by atomic mass is 16.5. The molecule has 0 N–H and O–H groups in total. The van der Waals surface area contributed by atoms with Crippen LogP contribution in [-0.2, 0) is 0 Å². The van der Waals surface area contributed by atoms with Crippen LogP contribution in [0.25, 0.3) is 10.8 Å². The van der Waals surface area contributed by atoms with E-state index in [4.69, 9.17) is 30.0 Å². The summed E-state index contributed by atoms with van der Waals surface area (Å²) in [5, 5.41) is 26.9. The van der Waals surface area contributed by atoms with E-state index in [0.717, 1.165) is 0 Å². The van der Waals surface area contributed by atoms with E-state index < -0.39 is 0 Å². The minimum atomic E-state index is 0.00741. The van der Waals surface area contributed by atoms with Gasteiger partial charge >= 0.3 is 0 Å². The Morgan fingerprint density at radius 1 is 0.737 bits per heavy atom. The molecule has 0 fully saturated rings. The number of nitriles is 3. The van der Waals surface area contributed by atoms with Gasteiger partial charge in [-0.1, -0.05) is 24.3 Å². The Bertz CT molecular complexity index is 751. The molecule has 0 saturated carbocycles. The van der Waals surface area contributed by atoms with Crippen LogP contribution in [0.2, 0.25) is 0 Å². The molecule has 90 valence electrons. The summed E-state index contributed by atoms with van der Waals surface area (Å²) in [5.41, 5.74) is 0. The summed E-state index contributed by atoms with van der Waals surface area (Å²) < 4.78 is 14.4. The van der Waals surface area contributed by atoms with Gasteiger partial charge in [0.2, 0.25) is 0 Å². The van der Waals surface area contributed by atoms with Crippen molar-refractivity contribution in [3.8, 4) is 36.0 Å². The van der Waals surface area contributed by atoms with Crippen molar-refractivity contribution < 1.29 is 14.2 Å². The first-order valence-corrected chi connectivity index (χ1v) is 5.05. The minimum Gasteiger partial charge on any atom is -0.387 e. The molecule has 2 rings (SSSR count). The van der Waals surface area contributed by atoms with Crippen LogP contribution in [0.3, 0.4) is 0 Å². The first-order valence-electron chi connectivity index (χ1n) is 5.05. The lowest BCUT2D eigenvalue weighted by molar-refractivity contribution is 0.440. The molecule has 6 heteroatoms. The first-order chi connectivity index (χ1) is 9.31. The highest BCUT2D eigenvalue weighted by Gasteiger charge is 2.16. The fourth-order valence-electron chi connectivity index (χ4n) is 1.70. The number of benzene rings is 2. The molecular weight excluding hydrogens is 246 g/mol. The van der Waals surface area contributed by atoms with Crippen LogP contribution in [0.1, 0.15) is 0 Å². The van der Waals surface area contributed by atoms with Crippen molar-refractivity contribution in [3.05, 3.63) is 30.3 Å². The van der Waals surface area contributed by atoms with Crippen LogP contribution in [-0.4, -0.2) is 0 Å². The van der Waals surface area contributed by atoms with Crippen molar-refractivity contribution in [2.45, 2.75) is 0 Å². The van der Waals surface area contributed by atoms with E-state index >= 15 is 0 Å². The highest BCUT2D eigenvalue weighted by molar-refractivity contribution is 5.95. The largest absolute Gasteiger partial charge is 0.387 e. The fraction of sp³-hybridized carbons (Fsp3) is 0. The Kier molecular flexibility index (Phi) is 3.34. The van der Waals surface area contributed by atoms with Crippen LogP contribution in [0.4, 0.5) is 0 Å². The highest BCUT2D eigenvalue weighted by Crippen LogP contribution is 2.41. The molecule has 0 amide bonds. The minimum absolute atomic E-state index is 0.00741. The Morgan fingerprint density at radius 3 is 1.95 bits per heavy atom. The van der Waals surface area contributed by atoms with Crippen molar-refractivity contribution in [2.24, 2.45) is 0 Å². The average molecular weight is 251 g/mol. The SMILES string of the molecule is N#COc1cc(OC#N)c2ccccc2c1OC#N. The molecular formula is C13H5N3O3. The molecule has 0 atom stereocenters. The fourth-order valence-corrected chi connectivity index (χ4v) is 1.70. The second kappa shape index (κ2) is 5.27. The number of rotatable bonds is 3. The van der Waals surface area contributed by atoms with Crippen molar-refractivity contribution in [3.63, 3.8) is 0 Å². The Labute approximate surface area is 108 Å². The smallest absolute Gasteiger partial charge is 0.292 e. The van der Waals surface area contributed by atoms with Gasteiger partial charge in [0.05, 0.1) is 0 Å². The van der Waals surface area contributed by atoms with Gasteiger partial charge in [-0.25, -0.2) is 0 Å². The Balaban J connectivity index is 2.79. The quantitative estimate of drug-likeness (QED) is 0.776. The maximum Gasteiger partial charge on any atom is 0.292 e. The van der Waals surface area contributed by atoms with E-state index in [1.165, 1.54) is 18.6 Å². The van der Waals surface area contributed by atoms with E-state index in [-0.39, 0.29) is 17.2 Å². The van der Waals surface area contributed by atoms with Gasteiger partial charge in [-0.15, -0.1) is 15.8 Å². The summed E-state index contributed by atoms with van der Waals surface area (Å²) in [7, 11) is 0. The third kappa shape index (κ3) is 2.17. The first kappa shape index (κ1) is 12.0. The summed E-state index contributed by atoms with van der Waals surface area (Å²) in [5.74, 6) is 0.326. The lowest BCUT2D eigenvalue weighted by Gasteiger charge is -2.09. The van der Waals surface area contributed by atoms with Crippen LogP contribution in [0.5, 0.6) is 17.2 Å². The van der Waals surface area contributed by atoms with Crippen molar-refractivity contribution >= 4 is 10.8 Å². The van der Waals surface area contributed by atoms with E-state index in [2.05, 4.69) is 0 Å². The van der Waals surface area contributed by atoms with Crippen LogP contribution in [0.15, 0.2) is 30.3 Å². The van der Waals surface area contributed by atoms with E-state index in [0.29, 0.717) is 10.8 Å². The maximum absolute atomic E-state index is 8.65. The molecule has 0 bridgehead atoms. The van der Waals surface area contributed by atoms with Crippen LogP contribution in [0, 0.1) is 34.6 Å². The number of hydrogen-bond acceptors (Lipinski definition) is 6. The van der Waals surface area contributed by atoms with E-state index in [9.17, 15) is 0 Å². The molecule has 2 aromatic carbocycles. The van der Waals surface area contributed by atoms with Gasteiger partial charge in [-0.3, -0.25) is 0 Å². The molecule has 0 heterocycles. The standard InChI is InChI=1S/C13H5N3O3/c14-6-17-11-5-12(18-7-15)13(19-8-16)10-4-2-1-3-9(10)11/h1-5H. The molecule has 19 heavy (non-hydrogen) atoms. The number of hydrogen-bond donors (Lipinski definition) is 0. The Morgan fingerprint density at radius 2 is 1.32 bits per heavy atom. The topological polar surface area (TPSA) is 99.1 Å². The van der Waals surface area contributed by atoms with Gasteiger partial charge in [0.25, 0.3) is 18.8 Å². The molecule has 0 aromatic heterocycles. The monoisotopic (exact) mass is 251 g/mol. The lowest BCUT2D eigenvalue weighted by Crippen LogP contribution is -1.93. The van der Waals surface area contributed by atoms with Gasteiger partial charge in [0.1, 0.15) is 0 Å². The number of nitrogens with zero attached hydrogens (tertiary/aromatic N) is 3. The molecule has 0 radical (unpaired) electrons. The molecule has 0 unspecified atom stereocenters. The van der Waals surface area contributed by atoms with Gasteiger partial charge in [-0.2, -0.15) is 0 Å². The summed E-state index contributed by atoms with van der Waals surface area (Å²) in [4.78, 5) is 0. The second-order valence-electron chi connectivity index (χ2n) is 3.33. The summed E-state index contributed by atoms with van der Waals surface area (Å²) in [6, 6.07) is 8.15. The van der Waals surface area contributed by atoms with Crippen molar-refractivity contribution in [1.29, 1.82) is 15.8 Å². The summed E-state index contributed by atoms with van der Waals surface area (Å²) in [6.45, 7) is 0. The summed E-state index contributed by atoms with van der Waals surface area (Å²) >= 11 is 0. The zero-order valence-electron chi connectivity index (χ0n) is 9.45. The van der Waals surface area contributed by atoms with E-state index in [1.807, 2.05) is 0 Å². The molecule has 0 aliphatic heterocycles. The van der Waals surface area contributed by atoms with Crippen molar-refractivity contribution in [1.82, 2.24) is 0 Å². The second-order valence-corrected chi connectivity index (χ2v) is 3.33.